The van der Waals surface area contributed by atoms with E-state index in [1.54, 1.807) is 12.1 Å². The number of anilines is 1. The maximum atomic E-state index is 12.6. The van der Waals surface area contributed by atoms with Crippen molar-refractivity contribution >= 4 is 11.6 Å². The first-order valence-corrected chi connectivity index (χ1v) is 8.44. The van der Waals surface area contributed by atoms with Gasteiger partial charge in [-0.15, -0.1) is 13.2 Å². The predicted molar refractivity (Wildman–Crippen MR) is 106 cm³/mol. The lowest BCUT2D eigenvalue weighted by molar-refractivity contribution is -0.116. The summed E-state index contributed by atoms with van der Waals surface area (Å²) < 4.78 is 7.56. The highest BCUT2D eigenvalue weighted by atomic mass is 16.5. The second kappa shape index (κ2) is 8.85. The molecule has 1 aromatic carbocycles. The molecule has 0 atom stereocenters. The van der Waals surface area contributed by atoms with Gasteiger partial charge in [0.15, 0.2) is 0 Å². The number of amides is 1. The molecule has 1 N–H and O–H groups in total. The van der Waals surface area contributed by atoms with Crippen LogP contribution in [0, 0.1) is 6.92 Å². The molecule has 0 aliphatic carbocycles. The number of rotatable bonds is 8. The van der Waals surface area contributed by atoms with Crippen LogP contribution in [0.5, 0.6) is 5.75 Å². The molecule has 0 fully saturated rings. The van der Waals surface area contributed by atoms with E-state index in [9.17, 15) is 19.2 Å². The largest absolute Gasteiger partial charge is 0.495 e. The number of nitrogens with zero attached hydrogens (tertiary/aromatic N) is 3. The molecule has 9 heteroatoms. The fraction of sp³-hybridized carbons (Fsp3) is 0.263. The number of carbonyl (C=O) groups excluding carboxylic acids is 1. The molecule has 0 spiro atoms. The number of ether oxygens (including phenoxy) is 1. The van der Waals surface area contributed by atoms with E-state index < -0.39 is 29.5 Å². The van der Waals surface area contributed by atoms with E-state index in [-0.39, 0.29) is 13.1 Å². The number of nitrogens with one attached hydrogen (secondary N) is 1. The summed E-state index contributed by atoms with van der Waals surface area (Å²) >= 11 is 0. The second-order valence-corrected chi connectivity index (χ2v) is 5.98. The Morgan fingerprint density at radius 3 is 2.07 bits per heavy atom. The molecule has 0 aliphatic heterocycles. The highest BCUT2D eigenvalue weighted by Crippen LogP contribution is 2.24. The van der Waals surface area contributed by atoms with Crippen molar-refractivity contribution in [1.29, 1.82) is 0 Å². The summed E-state index contributed by atoms with van der Waals surface area (Å²) in [5.41, 5.74) is -1.26. The molecule has 9 nitrogen and oxygen atoms in total. The summed E-state index contributed by atoms with van der Waals surface area (Å²) in [7, 11) is 1.46. The number of allylic oxidation sites excluding steroid dienone is 2. The van der Waals surface area contributed by atoms with Crippen molar-refractivity contribution in [2.75, 3.05) is 12.4 Å². The zero-order valence-electron chi connectivity index (χ0n) is 15.8. The second-order valence-electron chi connectivity index (χ2n) is 5.98. The smallest absolute Gasteiger partial charge is 0.337 e. The number of aromatic nitrogens is 3. The first-order valence-electron chi connectivity index (χ1n) is 8.44. The van der Waals surface area contributed by atoms with Gasteiger partial charge in [-0.25, -0.2) is 28.1 Å². The lowest BCUT2D eigenvalue weighted by atomic mass is 10.2. The molecule has 0 radical (unpaired) electrons. The van der Waals surface area contributed by atoms with Crippen molar-refractivity contribution in [3.05, 3.63) is 80.5 Å². The maximum Gasteiger partial charge on any atom is 0.337 e. The van der Waals surface area contributed by atoms with Gasteiger partial charge >= 0.3 is 17.1 Å². The first kappa shape index (κ1) is 20.7. The summed E-state index contributed by atoms with van der Waals surface area (Å²) in [6.07, 6.45) is 2.71. The Balaban J connectivity index is 2.47. The molecule has 28 heavy (non-hydrogen) atoms. The summed E-state index contributed by atoms with van der Waals surface area (Å²) in [6.45, 7) is 8.09. The topological polar surface area (TPSA) is 104 Å². The number of methoxy groups -OCH3 is 1. The fourth-order valence-corrected chi connectivity index (χ4v) is 2.64. The molecule has 0 saturated heterocycles. The van der Waals surface area contributed by atoms with Gasteiger partial charge in [0.2, 0.25) is 5.91 Å². The SMILES string of the molecule is C=CCn1c(=O)n(CC=C)c(=O)n(CC(=O)Nc2cc(C)ccc2OC)c1=O. The van der Waals surface area contributed by atoms with Crippen LogP contribution >= 0.6 is 0 Å². The Bertz CT molecular complexity index is 1040. The average molecular weight is 386 g/mol. The van der Waals surface area contributed by atoms with Crippen LogP contribution in [0.15, 0.2) is 57.9 Å². The van der Waals surface area contributed by atoms with E-state index in [0.29, 0.717) is 16.0 Å². The normalized spacial score (nSPS) is 10.4. The zero-order valence-corrected chi connectivity index (χ0v) is 15.8. The van der Waals surface area contributed by atoms with Gasteiger partial charge in [0, 0.05) is 0 Å². The molecule has 0 unspecified atom stereocenters. The lowest BCUT2D eigenvalue weighted by Crippen LogP contribution is -2.55. The zero-order chi connectivity index (χ0) is 20.8. The van der Waals surface area contributed by atoms with Crippen LogP contribution in [-0.2, 0) is 24.4 Å². The van der Waals surface area contributed by atoms with Gasteiger partial charge in [0.25, 0.3) is 0 Å². The van der Waals surface area contributed by atoms with Crippen molar-refractivity contribution in [2.45, 2.75) is 26.6 Å². The van der Waals surface area contributed by atoms with Crippen molar-refractivity contribution < 1.29 is 9.53 Å². The number of hydrogen-bond donors (Lipinski definition) is 1. The summed E-state index contributed by atoms with van der Waals surface area (Å²) in [6, 6.07) is 5.21. The quantitative estimate of drug-likeness (QED) is 0.666. The van der Waals surface area contributed by atoms with Gasteiger partial charge in [-0.3, -0.25) is 4.79 Å². The predicted octanol–water partition coefficient (Wildman–Crippen LogP) is 0.499. The lowest BCUT2D eigenvalue weighted by Gasteiger charge is -2.13. The Hall–Kier alpha value is -3.62. The van der Waals surface area contributed by atoms with E-state index in [0.717, 1.165) is 14.7 Å². The van der Waals surface area contributed by atoms with Crippen LogP contribution in [0.25, 0.3) is 0 Å². The van der Waals surface area contributed by atoms with Crippen LogP contribution in [0.3, 0.4) is 0 Å². The van der Waals surface area contributed by atoms with Gasteiger partial charge in [-0.1, -0.05) is 18.2 Å². The van der Waals surface area contributed by atoms with Crippen molar-refractivity contribution in [3.8, 4) is 5.75 Å². The van der Waals surface area contributed by atoms with E-state index in [1.807, 2.05) is 13.0 Å². The van der Waals surface area contributed by atoms with Gasteiger partial charge in [-0.05, 0) is 24.6 Å². The Morgan fingerprint density at radius 2 is 1.57 bits per heavy atom. The standard InChI is InChI=1S/C19H22N4O5/c1-5-9-21-17(25)22(10-6-2)19(27)23(18(21)26)12-16(24)20-14-11-13(3)7-8-15(14)28-4/h5-8,11H,1-2,9-10,12H2,3-4H3,(H,20,24). The van der Waals surface area contributed by atoms with Crippen molar-refractivity contribution in [3.63, 3.8) is 0 Å². The number of hydrogen-bond acceptors (Lipinski definition) is 5. The highest BCUT2D eigenvalue weighted by Gasteiger charge is 2.17. The Morgan fingerprint density at radius 1 is 1.04 bits per heavy atom. The van der Waals surface area contributed by atoms with Crippen molar-refractivity contribution in [1.82, 2.24) is 13.7 Å². The molecule has 148 valence electrons. The molecule has 0 bridgehead atoms. The summed E-state index contributed by atoms with van der Waals surface area (Å²) in [5, 5.41) is 2.62. The molecular formula is C19H22N4O5. The van der Waals surface area contributed by atoms with E-state index in [1.165, 1.54) is 19.3 Å². The molecule has 0 saturated carbocycles. The molecule has 2 aromatic rings. The van der Waals surface area contributed by atoms with Crippen molar-refractivity contribution in [2.24, 2.45) is 0 Å². The van der Waals surface area contributed by atoms with Crippen LogP contribution in [0.2, 0.25) is 0 Å². The number of benzene rings is 1. The molecule has 1 aromatic heterocycles. The highest BCUT2D eigenvalue weighted by molar-refractivity contribution is 5.92. The summed E-state index contributed by atoms with van der Waals surface area (Å²) in [5.74, 6) is -0.177. The van der Waals surface area contributed by atoms with Crippen LogP contribution < -0.4 is 27.1 Å². The molecule has 2 rings (SSSR count). The fourth-order valence-electron chi connectivity index (χ4n) is 2.64. The molecule has 0 aliphatic rings. The van der Waals surface area contributed by atoms with Crippen LogP contribution in [-0.4, -0.2) is 26.7 Å². The number of aryl methyl sites for hydroxylation is 1. The monoisotopic (exact) mass is 386 g/mol. The minimum atomic E-state index is -0.887. The Labute approximate surface area is 160 Å². The van der Waals surface area contributed by atoms with E-state index in [2.05, 4.69) is 18.5 Å². The molecular weight excluding hydrogens is 364 g/mol. The Kier molecular flexibility index (Phi) is 6.54. The van der Waals surface area contributed by atoms with Gasteiger partial charge in [0.05, 0.1) is 25.9 Å². The average Bonchev–Trinajstić information content (AvgIpc) is 2.66. The van der Waals surface area contributed by atoms with Gasteiger partial charge in [-0.2, -0.15) is 0 Å². The van der Waals surface area contributed by atoms with E-state index in [4.69, 9.17) is 4.74 Å². The number of carbonyl (C=O) groups is 1. The minimum Gasteiger partial charge on any atom is -0.495 e. The third kappa shape index (κ3) is 4.20. The van der Waals surface area contributed by atoms with Gasteiger partial charge < -0.3 is 10.1 Å². The minimum absolute atomic E-state index is 0.0948. The third-order valence-electron chi connectivity index (χ3n) is 3.94. The third-order valence-corrected chi connectivity index (χ3v) is 3.94. The first-order chi connectivity index (χ1) is 13.3. The van der Waals surface area contributed by atoms with Crippen LogP contribution in [0.1, 0.15) is 5.56 Å². The van der Waals surface area contributed by atoms with E-state index >= 15 is 0 Å². The maximum absolute atomic E-state index is 12.6. The van der Waals surface area contributed by atoms with Gasteiger partial charge in [0.1, 0.15) is 12.3 Å². The van der Waals surface area contributed by atoms with Crippen LogP contribution in [0.4, 0.5) is 5.69 Å². The molecule has 1 heterocycles. The summed E-state index contributed by atoms with van der Waals surface area (Å²) in [4.78, 5) is 49.9. The molecule has 1 amide bonds.